The predicted molar refractivity (Wildman–Crippen MR) is 108 cm³/mol. The molecule has 0 saturated heterocycles. The molecule has 1 aliphatic rings. The molecule has 3 aromatic rings. The van der Waals surface area contributed by atoms with Gasteiger partial charge in [0.05, 0.1) is 16.8 Å². The molecule has 28 heavy (non-hydrogen) atoms. The van der Waals surface area contributed by atoms with E-state index in [9.17, 15) is 4.79 Å². The molecule has 0 unspecified atom stereocenters. The maximum absolute atomic E-state index is 12.8. The van der Waals surface area contributed by atoms with Crippen LogP contribution < -0.4 is 19.0 Å². The van der Waals surface area contributed by atoms with Gasteiger partial charge in [0.1, 0.15) is 12.4 Å². The molecule has 0 spiro atoms. The van der Waals surface area contributed by atoms with E-state index < -0.39 is 6.10 Å². The summed E-state index contributed by atoms with van der Waals surface area (Å²) in [6.45, 7) is 7.04. The molecule has 0 fully saturated rings. The Balaban J connectivity index is 1.69. The maximum Gasteiger partial charge on any atom is 0.292 e. The molecule has 2 heterocycles. The Morgan fingerprint density at radius 2 is 2.18 bits per heavy atom. The zero-order chi connectivity index (χ0) is 19.5. The summed E-state index contributed by atoms with van der Waals surface area (Å²) >= 11 is 1.43. The molecule has 1 aliphatic heterocycles. The summed E-state index contributed by atoms with van der Waals surface area (Å²) in [6.07, 6.45) is 1.01. The van der Waals surface area contributed by atoms with Gasteiger partial charge in [-0.15, -0.1) is 6.58 Å². The number of ether oxygens (including phenoxy) is 3. The summed E-state index contributed by atoms with van der Waals surface area (Å²) in [5, 5.41) is 0. The van der Waals surface area contributed by atoms with Gasteiger partial charge in [-0.3, -0.25) is 4.79 Å². The van der Waals surface area contributed by atoms with Crippen molar-refractivity contribution in [2.24, 2.45) is 4.99 Å². The predicted octanol–water partition coefficient (Wildman–Crippen LogP) is 3.55. The Morgan fingerprint density at radius 3 is 2.96 bits per heavy atom. The summed E-state index contributed by atoms with van der Waals surface area (Å²) in [5.41, 5.74) is 0.978. The number of benzene rings is 2. The average molecular weight is 396 g/mol. The number of carbonyl (C=O) groups excluding carboxylic acids is 1. The number of amides is 1. The van der Waals surface area contributed by atoms with Crippen molar-refractivity contribution in [2.45, 2.75) is 19.6 Å². The van der Waals surface area contributed by atoms with Gasteiger partial charge in [-0.2, -0.15) is 4.99 Å². The summed E-state index contributed by atoms with van der Waals surface area (Å²) in [5.74, 6) is 1.61. The number of hydrogen-bond acceptors (Lipinski definition) is 5. The minimum Gasteiger partial charge on any atom is -0.494 e. The zero-order valence-electron chi connectivity index (χ0n) is 15.5. The molecule has 144 valence electrons. The highest BCUT2D eigenvalue weighted by Gasteiger charge is 2.27. The molecule has 1 atom stereocenters. The fraction of sp³-hybridized carbons (Fsp3) is 0.238. The number of carbonyl (C=O) groups is 1. The van der Waals surface area contributed by atoms with Gasteiger partial charge in [0, 0.05) is 6.54 Å². The van der Waals surface area contributed by atoms with E-state index in [2.05, 4.69) is 11.6 Å². The number of thiazole rings is 1. The topological polar surface area (TPSA) is 62.1 Å². The lowest BCUT2D eigenvalue weighted by molar-refractivity contribution is -0.127. The van der Waals surface area contributed by atoms with Gasteiger partial charge in [0.25, 0.3) is 5.91 Å². The minimum atomic E-state index is -0.767. The molecule has 6 nitrogen and oxygen atoms in total. The maximum atomic E-state index is 12.8. The van der Waals surface area contributed by atoms with Crippen LogP contribution in [-0.2, 0) is 11.3 Å². The summed E-state index contributed by atoms with van der Waals surface area (Å²) in [6, 6.07) is 13.1. The van der Waals surface area contributed by atoms with Crippen LogP contribution in [0, 0.1) is 0 Å². The Morgan fingerprint density at radius 1 is 1.36 bits per heavy atom. The van der Waals surface area contributed by atoms with Crippen LogP contribution in [-0.4, -0.2) is 29.8 Å². The van der Waals surface area contributed by atoms with Gasteiger partial charge in [0.2, 0.25) is 6.10 Å². The first kappa shape index (κ1) is 18.3. The number of nitrogens with zero attached hydrogens (tertiary/aromatic N) is 2. The van der Waals surface area contributed by atoms with E-state index >= 15 is 0 Å². The van der Waals surface area contributed by atoms with Crippen LogP contribution in [0.15, 0.2) is 60.1 Å². The highest BCUT2D eigenvalue weighted by molar-refractivity contribution is 7.16. The van der Waals surface area contributed by atoms with Crippen molar-refractivity contribution in [1.82, 2.24) is 4.57 Å². The van der Waals surface area contributed by atoms with Gasteiger partial charge in [-0.25, -0.2) is 0 Å². The quantitative estimate of drug-likeness (QED) is 0.619. The molecule has 1 amide bonds. The largest absolute Gasteiger partial charge is 0.494 e. The van der Waals surface area contributed by atoms with Crippen molar-refractivity contribution in [1.29, 1.82) is 0 Å². The van der Waals surface area contributed by atoms with Crippen LogP contribution in [0.25, 0.3) is 10.2 Å². The standard InChI is InChI=1S/C21H20N2O4S/c1-3-11-23-15-10-9-14(25-4-2)12-19(15)28-21(23)22-20(24)18-13-26-16-7-5-6-8-17(16)27-18/h3,5-10,12,18H,1,4,11,13H2,2H3/t18-/m0/s1. The molecule has 0 saturated carbocycles. The lowest BCUT2D eigenvalue weighted by Crippen LogP contribution is -2.36. The van der Waals surface area contributed by atoms with Crippen LogP contribution in [0.1, 0.15) is 6.92 Å². The Hall–Kier alpha value is -3.06. The molecule has 2 aromatic carbocycles. The van der Waals surface area contributed by atoms with Crippen molar-refractivity contribution in [3.05, 3.63) is 59.9 Å². The fourth-order valence-electron chi connectivity index (χ4n) is 3.01. The monoisotopic (exact) mass is 396 g/mol. The normalized spacial score (nSPS) is 16.2. The second-order valence-electron chi connectivity index (χ2n) is 6.16. The highest BCUT2D eigenvalue weighted by Crippen LogP contribution is 2.31. The molecular formula is C21H20N2O4S. The third kappa shape index (κ3) is 3.53. The summed E-state index contributed by atoms with van der Waals surface area (Å²) in [4.78, 5) is 17.7. The second-order valence-corrected chi connectivity index (χ2v) is 7.17. The first-order chi connectivity index (χ1) is 13.7. The van der Waals surface area contributed by atoms with Gasteiger partial charge in [0.15, 0.2) is 16.3 Å². The smallest absolute Gasteiger partial charge is 0.292 e. The zero-order valence-corrected chi connectivity index (χ0v) is 16.3. The number of hydrogen-bond donors (Lipinski definition) is 0. The molecule has 7 heteroatoms. The molecule has 0 radical (unpaired) electrons. The number of rotatable bonds is 5. The van der Waals surface area contributed by atoms with Crippen molar-refractivity contribution in [3.63, 3.8) is 0 Å². The molecular weight excluding hydrogens is 376 g/mol. The third-order valence-corrected chi connectivity index (χ3v) is 5.31. The van der Waals surface area contributed by atoms with E-state index in [0.717, 1.165) is 16.0 Å². The van der Waals surface area contributed by atoms with Gasteiger partial charge < -0.3 is 18.8 Å². The Labute approximate surface area is 166 Å². The molecule has 0 bridgehead atoms. The SMILES string of the molecule is C=CCn1c(=NC(=O)[C@@H]2COc3ccccc3O2)sc2cc(OCC)ccc21. The second kappa shape index (κ2) is 7.90. The van der Waals surface area contributed by atoms with E-state index in [4.69, 9.17) is 14.2 Å². The summed E-state index contributed by atoms with van der Waals surface area (Å²) < 4.78 is 19.9. The molecule has 0 aliphatic carbocycles. The van der Waals surface area contributed by atoms with Gasteiger partial charge in [-0.05, 0) is 37.3 Å². The first-order valence-electron chi connectivity index (χ1n) is 9.03. The van der Waals surface area contributed by atoms with E-state index in [-0.39, 0.29) is 12.5 Å². The van der Waals surface area contributed by atoms with Crippen molar-refractivity contribution in [2.75, 3.05) is 13.2 Å². The third-order valence-electron chi connectivity index (χ3n) is 4.27. The lowest BCUT2D eigenvalue weighted by Gasteiger charge is -2.23. The van der Waals surface area contributed by atoms with Gasteiger partial charge in [-0.1, -0.05) is 29.5 Å². The molecule has 1 aromatic heterocycles. The van der Waals surface area contributed by atoms with Crippen LogP contribution in [0.3, 0.4) is 0 Å². The van der Waals surface area contributed by atoms with E-state index in [1.54, 1.807) is 12.1 Å². The Kier molecular flexibility index (Phi) is 5.16. The molecule has 4 rings (SSSR count). The van der Waals surface area contributed by atoms with E-state index in [0.29, 0.717) is 29.5 Å². The van der Waals surface area contributed by atoms with Crippen LogP contribution >= 0.6 is 11.3 Å². The fourth-order valence-corrected chi connectivity index (χ4v) is 4.08. The minimum absolute atomic E-state index is 0.139. The summed E-state index contributed by atoms with van der Waals surface area (Å²) in [7, 11) is 0. The van der Waals surface area contributed by atoms with Crippen molar-refractivity contribution < 1.29 is 19.0 Å². The highest BCUT2D eigenvalue weighted by atomic mass is 32.1. The van der Waals surface area contributed by atoms with E-state index in [1.165, 1.54) is 11.3 Å². The molecule has 0 N–H and O–H groups in total. The number of allylic oxidation sites excluding steroid dienone is 1. The average Bonchev–Trinajstić information content (AvgIpc) is 3.04. The van der Waals surface area contributed by atoms with Crippen molar-refractivity contribution in [3.8, 4) is 17.2 Å². The van der Waals surface area contributed by atoms with E-state index in [1.807, 2.05) is 47.9 Å². The Bertz CT molecular complexity index is 1100. The first-order valence-corrected chi connectivity index (χ1v) is 9.85. The van der Waals surface area contributed by atoms with Crippen molar-refractivity contribution >= 4 is 27.5 Å². The number of aromatic nitrogens is 1. The lowest BCUT2D eigenvalue weighted by atomic mass is 10.2. The number of fused-ring (bicyclic) bond motifs is 2. The van der Waals surface area contributed by atoms with Crippen LogP contribution in [0.5, 0.6) is 17.2 Å². The number of para-hydroxylation sites is 2. The van der Waals surface area contributed by atoms with Crippen LogP contribution in [0.4, 0.5) is 0 Å². The van der Waals surface area contributed by atoms with Gasteiger partial charge >= 0.3 is 0 Å². The van der Waals surface area contributed by atoms with Crippen LogP contribution in [0.2, 0.25) is 0 Å².